The minimum Gasteiger partial charge on any atom is -0.310 e. The number of Topliss-reactive ketones (excluding diaryl/α,β-unsaturated/α-hetero) is 1. The van der Waals surface area contributed by atoms with Crippen LogP contribution in [0.1, 0.15) is 31.4 Å². The third kappa shape index (κ3) is 4.90. The summed E-state index contributed by atoms with van der Waals surface area (Å²) in [5, 5.41) is 4.10. The average Bonchev–Trinajstić information content (AvgIpc) is 2.84. The van der Waals surface area contributed by atoms with Crippen LogP contribution in [0.2, 0.25) is 5.25 Å². The predicted octanol–water partition coefficient (Wildman–Crippen LogP) is 1.67. The number of rotatable bonds is 2. The van der Waals surface area contributed by atoms with Gasteiger partial charge in [-0.3, -0.25) is 4.98 Å². The van der Waals surface area contributed by atoms with Gasteiger partial charge in [-0.2, -0.15) is 0 Å². The molecule has 2 heterocycles. The maximum Gasteiger partial charge on any atom is 0.0335 e. The van der Waals surface area contributed by atoms with E-state index in [0.29, 0.717) is 11.3 Å². The fourth-order valence-corrected chi connectivity index (χ4v) is 1.55. The number of nitrogens with zero attached hydrogens (tertiary/aromatic N) is 1. The zero-order valence-corrected chi connectivity index (χ0v) is 11.7. The van der Waals surface area contributed by atoms with E-state index in [1.165, 1.54) is 18.4 Å². The molecule has 1 fully saturated rings. The van der Waals surface area contributed by atoms with Crippen LogP contribution in [0.25, 0.3) is 0 Å². The second kappa shape index (κ2) is 7.57. The summed E-state index contributed by atoms with van der Waals surface area (Å²) in [7, 11) is 0. The van der Waals surface area contributed by atoms with Gasteiger partial charge in [-0.1, -0.05) is 6.07 Å². The van der Waals surface area contributed by atoms with Crippen LogP contribution >= 0.6 is 0 Å². The van der Waals surface area contributed by atoms with Gasteiger partial charge in [-0.05, 0) is 31.0 Å². The molecular weight excluding hydrogens is 261 g/mol. The number of pyridine rings is 1. The zero-order valence-electron chi connectivity index (χ0n) is 9.57. The first-order chi connectivity index (χ1) is 7.74. The molecule has 1 N–H and O–H groups in total. The summed E-state index contributed by atoms with van der Waals surface area (Å²) in [6.45, 7) is 2.74. The molecule has 1 aliphatic heterocycles. The molecule has 1 aromatic rings. The quantitative estimate of drug-likeness (QED) is 0.837. The Morgan fingerprint density at radius 3 is 2.88 bits per heavy atom. The third-order valence-corrected chi connectivity index (χ3v) is 3.44. The van der Waals surface area contributed by atoms with Gasteiger partial charge in [0.15, 0.2) is 0 Å². The minimum atomic E-state index is 0.255. The number of hydrogen-bond donors (Lipinski definition) is 1. The summed E-state index contributed by atoms with van der Waals surface area (Å²) >= 11 is 1.85. The topological polar surface area (TPSA) is 42.0 Å². The SMILES string of the molecule is CC(=O)[CH2][Ge].c1cncc(C2CCCN2)c1. The van der Waals surface area contributed by atoms with Crippen LogP contribution in [-0.4, -0.2) is 33.8 Å². The Bertz CT molecular complexity index is 310. The number of carbonyl (C=O) groups excluding carboxylic acids is 1. The molecule has 1 unspecified atom stereocenters. The first-order valence-corrected chi connectivity index (χ1v) is 6.99. The molecule has 1 aromatic heterocycles. The van der Waals surface area contributed by atoms with Gasteiger partial charge >= 0.3 is 39.3 Å². The van der Waals surface area contributed by atoms with E-state index >= 15 is 0 Å². The van der Waals surface area contributed by atoms with Crippen LogP contribution in [0.15, 0.2) is 24.5 Å². The zero-order chi connectivity index (χ0) is 11.8. The molecular formula is C12H17GeN2O. The Kier molecular flexibility index (Phi) is 6.34. The fourth-order valence-electron chi connectivity index (χ4n) is 1.55. The van der Waals surface area contributed by atoms with Crippen molar-refractivity contribution in [2.45, 2.75) is 31.1 Å². The Morgan fingerprint density at radius 2 is 2.44 bits per heavy atom. The molecule has 0 saturated carbocycles. The Morgan fingerprint density at radius 1 is 1.69 bits per heavy atom. The molecule has 1 saturated heterocycles. The van der Waals surface area contributed by atoms with Crippen LogP contribution in [0.5, 0.6) is 0 Å². The van der Waals surface area contributed by atoms with Crippen LogP contribution in [0.3, 0.4) is 0 Å². The van der Waals surface area contributed by atoms with E-state index in [4.69, 9.17) is 0 Å². The Balaban J connectivity index is 0.000000221. The van der Waals surface area contributed by atoms with Gasteiger partial charge in [0, 0.05) is 18.4 Å². The predicted molar refractivity (Wildman–Crippen MR) is 65.5 cm³/mol. The maximum absolute atomic E-state index is 9.81. The Labute approximate surface area is 105 Å². The molecule has 0 aromatic carbocycles. The summed E-state index contributed by atoms with van der Waals surface area (Å²) in [6, 6.07) is 4.69. The molecule has 3 nitrogen and oxygen atoms in total. The smallest absolute Gasteiger partial charge is 0.0335 e. The van der Waals surface area contributed by atoms with Gasteiger partial charge in [-0.15, -0.1) is 0 Å². The number of carbonyl (C=O) groups is 1. The summed E-state index contributed by atoms with van der Waals surface area (Å²) in [6.07, 6.45) is 6.31. The molecule has 85 valence electrons. The van der Waals surface area contributed by atoms with Crippen molar-refractivity contribution in [3.63, 3.8) is 0 Å². The van der Waals surface area contributed by atoms with Crippen molar-refractivity contribution in [1.82, 2.24) is 10.3 Å². The molecule has 1 atom stereocenters. The van der Waals surface area contributed by atoms with Crippen LogP contribution in [0, 0.1) is 0 Å². The standard InChI is InChI=1S/C9H12N2.C3H5GeO/c1-3-8(7-10-5-1)9-4-2-6-11-9;1-3(5)2-4/h1,3,5,7,9,11H,2,4,6H2;2H2,1H3. The summed E-state index contributed by atoms with van der Waals surface area (Å²) in [4.78, 5) is 13.9. The van der Waals surface area contributed by atoms with Crippen LogP contribution in [0.4, 0.5) is 0 Å². The van der Waals surface area contributed by atoms with Crippen molar-refractivity contribution in [2.24, 2.45) is 0 Å². The van der Waals surface area contributed by atoms with Crippen LogP contribution < -0.4 is 5.32 Å². The molecule has 4 heteroatoms. The molecule has 2 rings (SSSR count). The van der Waals surface area contributed by atoms with Crippen molar-refractivity contribution >= 4 is 22.3 Å². The molecule has 0 bridgehead atoms. The molecule has 3 radical (unpaired) electrons. The normalized spacial score (nSPS) is 18.8. The number of hydrogen-bond acceptors (Lipinski definition) is 3. The Hall–Kier alpha value is -0.677. The van der Waals surface area contributed by atoms with Gasteiger partial charge in [0.1, 0.15) is 0 Å². The fraction of sp³-hybridized carbons (Fsp3) is 0.500. The number of ketones is 1. The third-order valence-electron chi connectivity index (χ3n) is 2.40. The first-order valence-electron chi connectivity index (χ1n) is 5.51. The van der Waals surface area contributed by atoms with Gasteiger partial charge in [0.2, 0.25) is 0 Å². The van der Waals surface area contributed by atoms with Crippen molar-refractivity contribution in [3.8, 4) is 0 Å². The van der Waals surface area contributed by atoms with Gasteiger partial charge in [0.05, 0.1) is 0 Å². The number of nitrogens with one attached hydrogen (secondary N) is 1. The molecule has 1 aliphatic rings. The van der Waals surface area contributed by atoms with E-state index in [9.17, 15) is 4.79 Å². The minimum absolute atomic E-state index is 0.255. The molecule has 0 spiro atoms. The molecule has 0 aliphatic carbocycles. The second-order valence-electron chi connectivity index (χ2n) is 3.81. The largest absolute Gasteiger partial charge is 0.310 e. The van der Waals surface area contributed by atoms with E-state index in [1.54, 1.807) is 6.92 Å². The maximum atomic E-state index is 9.81. The first kappa shape index (κ1) is 13.4. The van der Waals surface area contributed by atoms with E-state index in [0.717, 1.165) is 6.54 Å². The van der Waals surface area contributed by atoms with Crippen molar-refractivity contribution in [1.29, 1.82) is 0 Å². The molecule has 0 amide bonds. The van der Waals surface area contributed by atoms with Gasteiger partial charge in [-0.25, -0.2) is 0 Å². The molecule has 16 heavy (non-hydrogen) atoms. The summed E-state index contributed by atoms with van der Waals surface area (Å²) in [5.41, 5.74) is 1.32. The summed E-state index contributed by atoms with van der Waals surface area (Å²) < 4.78 is 0. The number of aromatic nitrogens is 1. The summed E-state index contributed by atoms with van der Waals surface area (Å²) in [5.74, 6) is 0.255. The van der Waals surface area contributed by atoms with Crippen molar-refractivity contribution < 1.29 is 4.79 Å². The van der Waals surface area contributed by atoms with Crippen LogP contribution in [-0.2, 0) is 4.79 Å². The van der Waals surface area contributed by atoms with Gasteiger partial charge in [0.25, 0.3) is 0 Å². The van der Waals surface area contributed by atoms with E-state index in [2.05, 4.69) is 16.4 Å². The van der Waals surface area contributed by atoms with Crippen molar-refractivity contribution in [2.75, 3.05) is 6.54 Å². The van der Waals surface area contributed by atoms with E-state index < -0.39 is 0 Å². The second-order valence-corrected chi connectivity index (χ2v) is 4.56. The van der Waals surface area contributed by atoms with Crippen molar-refractivity contribution in [3.05, 3.63) is 30.1 Å². The van der Waals surface area contributed by atoms with E-state index in [-0.39, 0.29) is 5.78 Å². The van der Waals surface area contributed by atoms with E-state index in [1.807, 2.05) is 35.0 Å². The monoisotopic (exact) mass is 279 g/mol. The van der Waals surface area contributed by atoms with Gasteiger partial charge < -0.3 is 5.32 Å². The average molecular weight is 278 g/mol.